The van der Waals surface area contributed by atoms with E-state index in [0.717, 1.165) is 10.7 Å². The zero-order chi connectivity index (χ0) is 13.9. The summed E-state index contributed by atoms with van der Waals surface area (Å²) in [5, 5.41) is 17.4. The van der Waals surface area contributed by atoms with E-state index in [9.17, 15) is 0 Å². The highest BCUT2D eigenvalue weighted by Crippen LogP contribution is 2.11. The number of aromatic nitrogens is 3. The van der Waals surface area contributed by atoms with E-state index in [2.05, 4.69) is 46.6 Å². The molecule has 2 heterocycles. The third kappa shape index (κ3) is 4.60. The minimum atomic E-state index is 0.0280. The summed E-state index contributed by atoms with van der Waals surface area (Å²) in [6.07, 6.45) is 0. The normalized spacial score (nSPS) is 11.8. The van der Waals surface area contributed by atoms with Gasteiger partial charge in [0.05, 0.1) is 23.8 Å². The summed E-state index contributed by atoms with van der Waals surface area (Å²) in [7, 11) is 0. The molecule has 2 aromatic rings. The minimum absolute atomic E-state index is 0.0280. The number of hydrogen-bond acceptors (Lipinski definition) is 7. The third-order valence-electron chi connectivity index (χ3n) is 2.32. The number of thiazole rings is 1. The van der Waals surface area contributed by atoms with Gasteiger partial charge in [0.2, 0.25) is 5.89 Å². The summed E-state index contributed by atoms with van der Waals surface area (Å²) >= 11 is 1.63. The van der Waals surface area contributed by atoms with Crippen molar-refractivity contribution in [3.05, 3.63) is 22.0 Å². The average molecular weight is 281 g/mol. The number of anilines is 1. The van der Waals surface area contributed by atoms with Crippen LogP contribution in [0.1, 0.15) is 37.4 Å². The van der Waals surface area contributed by atoms with Crippen molar-refractivity contribution in [3.8, 4) is 0 Å². The molecule has 0 saturated carbocycles. The predicted molar refractivity (Wildman–Crippen MR) is 75.1 cm³/mol. The molecule has 6 nitrogen and oxygen atoms in total. The Morgan fingerprint density at radius 3 is 2.68 bits per heavy atom. The smallest absolute Gasteiger partial charge is 0.315 e. The molecule has 0 amide bonds. The quantitative estimate of drug-likeness (QED) is 0.876. The monoisotopic (exact) mass is 281 g/mol. The van der Waals surface area contributed by atoms with Crippen LogP contribution in [0.25, 0.3) is 0 Å². The van der Waals surface area contributed by atoms with Crippen molar-refractivity contribution >= 4 is 17.4 Å². The predicted octanol–water partition coefficient (Wildman–Crippen LogP) is 2.33. The molecule has 104 valence electrons. The van der Waals surface area contributed by atoms with Gasteiger partial charge in [-0.3, -0.25) is 0 Å². The van der Waals surface area contributed by atoms with Gasteiger partial charge in [-0.15, -0.1) is 16.4 Å². The summed E-state index contributed by atoms with van der Waals surface area (Å²) < 4.78 is 5.49. The Labute approximate surface area is 116 Å². The molecule has 0 radical (unpaired) electrons. The molecule has 0 saturated heterocycles. The van der Waals surface area contributed by atoms with Crippen LogP contribution in [-0.2, 0) is 13.1 Å². The van der Waals surface area contributed by atoms with Gasteiger partial charge in [0, 0.05) is 10.9 Å². The molecule has 2 N–H and O–H groups in total. The van der Waals surface area contributed by atoms with E-state index in [1.54, 1.807) is 11.3 Å². The SMILES string of the molecule is Cc1nc(CNc2nnc(CNC(C)(C)C)o2)cs1. The highest BCUT2D eigenvalue weighted by atomic mass is 32.1. The molecule has 2 aromatic heterocycles. The van der Waals surface area contributed by atoms with Crippen LogP contribution in [0.4, 0.5) is 6.01 Å². The molecule has 2 rings (SSSR count). The standard InChI is InChI=1S/C12H19N5OS/c1-8-15-9(7-19-8)5-13-11-17-16-10(18-11)6-14-12(2,3)4/h7,14H,5-6H2,1-4H3,(H,13,17). The summed E-state index contributed by atoms with van der Waals surface area (Å²) in [6.45, 7) is 9.41. The number of hydrogen-bond donors (Lipinski definition) is 2. The highest BCUT2D eigenvalue weighted by molar-refractivity contribution is 7.09. The molecular formula is C12H19N5OS. The highest BCUT2D eigenvalue weighted by Gasteiger charge is 2.12. The van der Waals surface area contributed by atoms with E-state index in [1.165, 1.54) is 0 Å². The summed E-state index contributed by atoms with van der Waals surface area (Å²) in [5.74, 6) is 0.576. The first-order valence-corrected chi connectivity index (χ1v) is 7.03. The van der Waals surface area contributed by atoms with Gasteiger partial charge in [-0.25, -0.2) is 4.98 Å². The number of nitrogens with one attached hydrogen (secondary N) is 2. The van der Waals surface area contributed by atoms with E-state index in [-0.39, 0.29) is 5.54 Å². The van der Waals surface area contributed by atoms with E-state index >= 15 is 0 Å². The molecule has 0 spiro atoms. The van der Waals surface area contributed by atoms with Gasteiger partial charge in [0.25, 0.3) is 0 Å². The summed E-state index contributed by atoms with van der Waals surface area (Å²) in [4.78, 5) is 4.35. The maximum Gasteiger partial charge on any atom is 0.315 e. The molecule has 19 heavy (non-hydrogen) atoms. The largest absolute Gasteiger partial charge is 0.407 e. The van der Waals surface area contributed by atoms with E-state index in [4.69, 9.17) is 4.42 Å². The van der Waals surface area contributed by atoms with Gasteiger partial charge in [0.1, 0.15) is 0 Å². The zero-order valence-corrected chi connectivity index (χ0v) is 12.5. The molecule has 0 fully saturated rings. The van der Waals surface area contributed by atoms with Gasteiger partial charge in [0.15, 0.2) is 0 Å². The van der Waals surface area contributed by atoms with Crippen molar-refractivity contribution in [3.63, 3.8) is 0 Å². The lowest BCUT2D eigenvalue weighted by Gasteiger charge is -2.18. The van der Waals surface area contributed by atoms with Crippen LogP contribution in [-0.4, -0.2) is 20.7 Å². The second-order valence-electron chi connectivity index (χ2n) is 5.32. The molecule has 0 unspecified atom stereocenters. The van der Waals surface area contributed by atoms with Gasteiger partial charge in [-0.1, -0.05) is 5.10 Å². The maximum absolute atomic E-state index is 5.49. The fourth-order valence-corrected chi connectivity index (χ4v) is 2.01. The lowest BCUT2D eigenvalue weighted by molar-refractivity contribution is 0.383. The molecule has 0 aliphatic rings. The molecule has 0 aliphatic heterocycles. The number of rotatable bonds is 5. The zero-order valence-electron chi connectivity index (χ0n) is 11.6. The first-order valence-electron chi connectivity index (χ1n) is 6.15. The molecule has 0 atom stereocenters. The lowest BCUT2D eigenvalue weighted by atomic mass is 10.1. The van der Waals surface area contributed by atoms with E-state index in [1.807, 2.05) is 12.3 Å². The van der Waals surface area contributed by atoms with E-state index in [0.29, 0.717) is 25.0 Å². The topological polar surface area (TPSA) is 75.9 Å². The Morgan fingerprint density at radius 2 is 2.05 bits per heavy atom. The van der Waals surface area contributed by atoms with Crippen LogP contribution < -0.4 is 10.6 Å². The third-order valence-corrected chi connectivity index (χ3v) is 3.15. The van der Waals surface area contributed by atoms with Crippen LogP contribution in [0.5, 0.6) is 0 Å². The van der Waals surface area contributed by atoms with Crippen LogP contribution >= 0.6 is 11.3 Å². The minimum Gasteiger partial charge on any atom is -0.407 e. The Hall–Kier alpha value is -1.47. The van der Waals surface area contributed by atoms with Crippen LogP contribution in [0.3, 0.4) is 0 Å². The lowest BCUT2D eigenvalue weighted by Crippen LogP contribution is -2.35. The van der Waals surface area contributed by atoms with Gasteiger partial charge in [-0.05, 0) is 27.7 Å². The van der Waals surface area contributed by atoms with Crippen molar-refractivity contribution in [1.82, 2.24) is 20.5 Å². The van der Waals surface area contributed by atoms with Gasteiger partial charge < -0.3 is 15.1 Å². The van der Waals surface area contributed by atoms with Crippen molar-refractivity contribution < 1.29 is 4.42 Å². The second kappa shape index (κ2) is 5.66. The number of aryl methyl sites for hydroxylation is 1. The van der Waals surface area contributed by atoms with Crippen molar-refractivity contribution in [2.75, 3.05) is 5.32 Å². The first-order chi connectivity index (χ1) is 8.92. The van der Waals surface area contributed by atoms with Crippen LogP contribution in [0.15, 0.2) is 9.80 Å². The molecule has 0 bridgehead atoms. The Morgan fingerprint density at radius 1 is 1.26 bits per heavy atom. The molecular weight excluding hydrogens is 262 g/mol. The van der Waals surface area contributed by atoms with Crippen LogP contribution in [0, 0.1) is 6.92 Å². The molecule has 0 aliphatic carbocycles. The molecule has 0 aromatic carbocycles. The Kier molecular flexibility index (Phi) is 4.16. The van der Waals surface area contributed by atoms with Gasteiger partial charge >= 0.3 is 6.01 Å². The fraction of sp³-hybridized carbons (Fsp3) is 0.583. The van der Waals surface area contributed by atoms with Crippen molar-refractivity contribution in [2.24, 2.45) is 0 Å². The Balaban J connectivity index is 1.84. The van der Waals surface area contributed by atoms with Crippen molar-refractivity contribution in [1.29, 1.82) is 0 Å². The number of nitrogens with zero attached hydrogens (tertiary/aromatic N) is 3. The fourth-order valence-electron chi connectivity index (χ4n) is 1.39. The summed E-state index contributed by atoms with van der Waals surface area (Å²) in [5.41, 5.74) is 1.01. The maximum atomic E-state index is 5.49. The Bertz CT molecular complexity index is 528. The van der Waals surface area contributed by atoms with E-state index < -0.39 is 0 Å². The van der Waals surface area contributed by atoms with Gasteiger partial charge in [-0.2, -0.15) is 0 Å². The summed E-state index contributed by atoms with van der Waals surface area (Å²) in [6, 6.07) is 0.427. The first kappa shape index (κ1) is 14.0. The second-order valence-corrected chi connectivity index (χ2v) is 6.38. The van der Waals surface area contributed by atoms with Crippen LogP contribution in [0.2, 0.25) is 0 Å². The average Bonchev–Trinajstić information content (AvgIpc) is 2.92. The van der Waals surface area contributed by atoms with Crippen molar-refractivity contribution in [2.45, 2.75) is 46.3 Å². The molecule has 7 heteroatoms.